The Kier molecular flexibility index (Phi) is 3.94. The van der Waals surface area contributed by atoms with E-state index in [0.717, 1.165) is 18.4 Å². The fourth-order valence-corrected chi connectivity index (χ4v) is 6.04. The second-order valence-electron chi connectivity index (χ2n) is 5.74. The van der Waals surface area contributed by atoms with Gasteiger partial charge in [-0.05, 0) is 31.4 Å². The summed E-state index contributed by atoms with van der Waals surface area (Å²) >= 11 is 0. The Morgan fingerprint density at radius 1 is 1.32 bits per heavy atom. The first kappa shape index (κ1) is 15.8. The summed E-state index contributed by atoms with van der Waals surface area (Å²) in [6.07, 6.45) is 1.67. The lowest BCUT2D eigenvalue weighted by Gasteiger charge is -2.31. The molecular weight excluding hydrogens is 326 g/mol. The van der Waals surface area contributed by atoms with Crippen molar-refractivity contribution in [1.29, 1.82) is 0 Å². The normalized spacial score (nSPS) is 25.2. The molecule has 8 heteroatoms. The minimum Gasteiger partial charge on any atom is -0.492 e. The van der Waals surface area contributed by atoms with Crippen LogP contribution in [-0.2, 0) is 26.3 Å². The molecule has 0 radical (unpaired) electrons. The van der Waals surface area contributed by atoms with Gasteiger partial charge in [0.15, 0.2) is 9.84 Å². The molecule has 3 rings (SSSR count). The molecular formula is C14H19NO5S2. The Morgan fingerprint density at radius 2 is 2.09 bits per heavy atom. The van der Waals surface area contributed by atoms with Gasteiger partial charge in [-0.15, -0.1) is 0 Å². The van der Waals surface area contributed by atoms with Gasteiger partial charge in [-0.25, -0.2) is 16.8 Å². The van der Waals surface area contributed by atoms with Crippen molar-refractivity contribution in [2.24, 2.45) is 0 Å². The molecule has 0 saturated carbocycles. The van der Waals surface area contributed by atoms with E-state index in [4.69, 9.17) is 4.74 Å². The maximum absolute atomic E-state index is 12.9. The molecule has 0 aliphatic carbocycles. The van der Waals surface area contributed by atoms with Gasteiger partial charge in [0.05, 0.1) is 17.6 Å². The van der Waals surface area contributed by atoms with E-state index in [9.17, 15) is 16.8 Å². The highest BCUT2D eigenvalue weighted by Gasteiger charge is 2.37. The number of rotatable bonds is 2. The molecule has 0 bridgehead atoms. The maximum atomic E-state index is 12.9. The van der Waals surface area contributed by atoms with Crippen LogP contribution in [0.25, 0.3) is 0 Å². The number of para-hydroxylation sites is 1. The molecule has 0 amide bonds. The van der Waals surface area contributed by atoms with Crippen LogP contribution in [0.1, 0.15) is 18.9 Å². The van der Waals surface area contributed by atoms with Crippen molar-refractivity contribution in [3.05, 3.63) is 23.8 Å². The fraction of sp³-hybridized carbons (Fsp3) is 0.571. The van der Waals surface area contributed by atoms with E-state index in [1.807, 2.05) is 6.07 Å². The Morgan fingerprint density at radius 3 is 2.82 bits per heavy atom. The smallest absolute Gasteiger partial charge is 0.246 e. The molecule has 1 atom stereocenters. The van der Waals surface area contributed by atoms with E-state index in [-0.39, 0.29) is 23.7 Å². The van der Waals surface area contributed by atoms with Crippen LogP contribution in [0.3, 0.4) is 0 Å². The zero-order valence-corrected chi connectivity index (χ0v) is 14.0. The molecule has 0 spiro atoms. The number of ether oxygens (including phenoxy) is 1. The maximum Gasteiger partial charge on any atom is 0.246 e. The van der Waals surface area contributed by atoms with E-state index < -0.39 is 25.1 Å². The van der Waals surface area contributed by atoms with E-state index in [2.05, 4.69) is 0 Å². The van der Waals surface area contributed by atoms with Crippen molar-refractivity contribution in [1.82, 2.24) is 4.31 Å². The SMILES string of the molecule is C[C@H]1CN(S(=O)(=O)c2cccc3c2OCCC3)CCS1(=O)=O. The minimum absolute atomic E-state index is 0.00132. The number of sulfonamides is 1. The third-order valence-electron chi connectivity index (χ3n) is 4.21. The van der Waals surface area contributed by atoms with E-state index in [1.165, 1.54) is 10.4 Å². The molecule has 1 saturated heterocycles. The molecule has 0 unspecified atom stereocenters. The molecule has 0 aromatic heterocycles. The number of aryl methyl sites for hydroxylation is 1. The lowest BCUT2D eigenvalue weighted by molar-refractivity contribution is 0.279. The zero-order chi connectivity index (χ0) is 16.0. The van der Waals surface area contributed by atoms with Crippen LogP contribution in [0.15, 0.2) is 23.1 Å². The summed E-state index contributed by atoms with van der Waals surface area (Å²) in [5.41, 5.74) is 0.894. The van der Waals surface area contributed by atoms with Crippen LogP contribution >= 0.6 is 0 Å². The van der Waals surface area contributed by atoms with Crippen molar-refractivity contribution in [2.45, 2.75) is 29.9 Å². The van der Waals surface area contributed by atoms with Crippen LogP contribution in [-0.4, -0.2) is 51.8 Å². The van der Waals surface area contributed by atoms with Gasteiger partial charge in [0.1, 0.15) is 10.6 Å². The number of nitrogens with zero attached hydrogens (tertiary/aromatic N) is 1. The van der Waals surface area contributed by atoms with Crippen LogP contribution in [0.5, 0.6) is 5.75 Å². The van der Waals surface area contributed by atoms with E-state index in [0.29, 0.717) is 12.4 Å². The highest BCUT2D eigenvalue weighted by molar-refractivity contribution is 7.92. The Balaban J connectivity index is 1.98. The Hall–Kier alpha value is -1.12. The molecule has 2 aliphatic rings. The monoisotopic (exact) mass is 345 g/mol. The molecule has 1 fully saturated rings. The van der Waals surface area contributed by atoms with Gasteiger partial charge >= 0.3 is 0 Å². The largest absolute Gasteiger partial charge is 0.492 e. The summed E-state index contributed by atoms with van der Waals surface area (Å²) in [4.78, 5) is 0.149. The lowest BCUT2D eigenvalue weighted by atomic mass is 10.1. The first-order valence-corrected chi connectivity index (χ1v) is 10.4. The van der Waals surface area contributed by atoms with Gasteiger partial charge in [-0.3, -0.25) is 0 Å². The van der Waals surface area contributed by atoms with Gasteiger partial charge in [0.2, 0.25) is 10.0 Å². The quantitative estimate of drug-likeness (QED) is 0.793. The Bertz CT molecular complexity index is 785. The molecule has 1 aromatic rings. The van der Waals surface area contributed by atoms with Gasteiger partial charge in [0.25, 0.3) is 0 Å². The van der Waals surface area contributed by atoms with Gasteiger partial charge in [-0.2, -0.15) is 4.31 Å². The number of sulfone groups is 1. The molecule has 0 N–H and O–H groups in total. The summed E-state index contributed by atoms with van der Waals surface area (Å²) in [5, 5.41) is -0.684. The van der Waals surface area contributed by atoms with Crippen LogP contribution in [0, 0.1) is 0 Å². The average molecular weight is 345 g/mol. The molecule has 2 heterocycles. The number of hydrogen-bond donors (Lipinski definition) is 0. The summed E-state index contributed by atoms with van der Waals surface area (Å²) in [6, 6.07) is 5.12. The molecule has 22 heavy (non-hydrogen) atoms. The summed E-state index contributed by atoms with van der Waals surface area (Å²) in [5.74, 6) is 0.290. The Labute approximate surface area is 131 Å². The van der Waals surface area contributed by atoms with Gasteiger partial charge in [-0.1, -0.05) is 12.1 Å². The molecule has 122 valence electrons. The van der Waals surface area contributed by atoms with Crippen molar-refractivity contribution >= 4 is 19.9 Å². The lowest BCUT2D eigenvalue weighted by Crippen LogP contribution is -2.48. The minimum atomic E-state index is -3.74. The predicted octanol–water partition coefficient (Wildman–Crippen LogP) is 0.819. The van der Waals surface area contributed by atoms with Crippen molar-refractivity contribution < 1.29 is 21.6 Å². The summed E-state index contributed by atoms with van der Waals surface area (Å²) in [7, 11) is -6.93. The zero-order valence-electron chi connectivity index (χ0n) is 12.4. The standard InChI is InChI=1S/C14H19NO5S2/c1-11-10-15(7-9-21(11,16)17)22(18,19)13-6-2-4-12-5-3-8-20-14(12)13/h2,4,6,11H,3,5,7-10H2,1H3/t11-/m0/s1. The van der Waals surface area contributed by atoms with Crippen LogP contribution in [0.2, 0.25) is 0 Å². The first-order valence-electron chi connectivity index (χ1n) is 7.29. The van der Waals surface area contributed by atoms with Crippen molar-refractivity contribution in [3.63, 3.8) is 0 Å². The van der Waals surface area contributed by atoms with E-state index >= 15 is 0 Å². The van der Waals surface area contributed by atoms with Gasteiger partial charge < -0.3 is 4.74 Å². The van der Waals surface area contributed by atoms with E-state index in [1.54, 1.807) is 13.0 Å². The third-order valence-corrected chi connectivity index (χ3v) is 8.23. The number of hydrogen-bond acceptors (Lipinski definition) is 5. The second-order valence-corrected chi connectivity index (χ2v) is 10.2. The number of benzene rings is 1. The highest BCUT2D eigenvalue weighted by Crippen LogP contribution is 2.34. The second kappa shape index (κ2) is 5.50. The first-order chi connectivity index (χ1) is 10.3. The van der Waals surface area contributed by atoms with Gasteiger partial charge in [0, 0.05) is 13.1 Å². The fourth-order valence-electron chi connectivity index (χ4n) is 2.84. The van der Waals surface area contributed by atoms with Crippen molar-refractivity contribution in [2.75, 3.05) is 25.4 Å². The van der Waals surface area contributed by atoms with Crippen LogP contribution < -0.4 is 4.74 Å². The molecule has 2 aliphatic heterocycles. The summed E-state index contributed by atoms with van der Waals surface area (Å²) < 4.78 is 56.1. The summed E-state index contributed by atoms with van der Waals surface area (Å²) in [6.45, 7) is 2.05. The predicted molar refractivity (Wildman–Crippen MR) is 82.3 cm³/mol. The number of fused-ring (bicyclic) bond motifs is 1. The van der Waals surface area contributed by atoms with Crippen LogP contribution in [0.4, 0.5) is 0 Å². The van der Waals surface area contributed by atoms with Crippen molar-refractivity contribution in [3.8, 4) is 5.75 Å². The topological polar surface area (TPSA) is 80.8 Å². The third kappa shape index (κ3) is 2.63. The average Bonchev–Trinajstić information content (AvgIpc) is 2.49. The molecule has 1 aromatic carbocycles. The molecule has 6 nitrogen and oxygen atoms in total. The highest BCUT2D eigenvalue weighted by atomic mass is 32.2.